The Morgan fingerprint density at radius 1 is 1.10 bits per heavy atom. The van der Waals surface area contributed by atoms with Crippen LogP contribution >= 0.6 is 0 Å². The van der Waals surface area contributed by atoms with Crippen molar-refractivity contribution in [3.63, 3.8) is 0 Å². The second-order valence-electron chi connectivity index (χ2n) is 4.99. The molecule has 0 fully saturated rings. The fourth-order valence-corrected chi connectivity index (χ4v) is 2.69. The molecule has 1 heterocycles. The summed E-state index contributed by atoms with van der Waals surface area (Å²) in [5, 5.41) is 2.99. The normalized spacial score (nSPS) is 13.7. The van der Waals surface area contributed by atoms with E-state index in [4.69, 9.17) is 0 Å². The zero-order valence-electron chi connectivity index (χ0n) is 11.3. The van der Waals surface area contributed by atoms with Crippen molar-refractivity contribution in [3.05, 3.63) is 59.2 Å². The average Bonchev–Trinajstić information content (AvgIpc) is 2.82. The van der Waals surface area contributed by atoms with Crippen molar-refractivity contribution in [2.75, 3.05) is 18.5 Å². The molecular weight excluding hydrogens is 258 g/mol. The lowest BCUT2D eigenvalue weighted by molar-refractivity contribution is 0.620. The van der Waals surface area contributed by atoms with Gasteiger partial charge in [-0.05, 0) is 48.9 Å². The predicted octanol–water partition coefficient (Wildman–Crippen LogP) is 3.38. The molecule has 1 aliphatic rings. The SMILES string of the molecule is CNCc1ccc(N2CCc3ccc(F)cc32)c(F)c1. The summed E-state index contributed by atoms with van der Waals surface area (Å²) in [6.45, 7) is 1.31. The molecule has 0 aliphatic carbocycles. The standard InChI is InChI=1S/C16H16F2N2/c1-19-10-11-2-5-15(14(18)8-11)20-7-6-12-3-4-13(17)9-16(12)20/h2-5,8-9,19H,6-7,10H2,1H3. The molecule has 0 saturated carbocycles. The summed E-state index contributed by atoms with van der Waals surface area (Å²) in [5.41, 5.74) is 3.23. The summed E-state index contributed by atoms with van der Waals surface area (Å²) in [4.78, 5) is 1.84. The number of hydrogen-bond donors (Lipinski definition) is 1. The van der Waals surface area contributed by atoms with Gasteiger partial charge >= 0.3 is 0 Å². The van der Waals surface area contributed by atoms with Gasteiger partial charge in [0.2, 0.25) is 0 Å². The molecule has 20 heavy (non-hydrogen) atoms. The third-order valence-corrected chi connectivity index (χ3v) is 3.63. The number of halogens is 2. The van der Waals surface area contributed by atoms with E-state index in [2.05, 4.69) is 5.32 Å². The Hall–Kier alpha value is -1.94. The lowest BCUT2D eigenvalue weighted by atomic mass is 10.1. The van der Waals surface area contributed by atoms with E-state index in [-0.39, 0.29) is 11.6 Å². The summed E-state index contributed by atoms with van der Waals surface area (Å²) in [6, 6.07) is 9.90. The molecule has 2 nitrogen and oxygen atoms in total. The molecule has 0 amide bonds. The highest BCUT2D eigenvalue weighted by Crippen LogP contribution is 2.36. The maximum Gasteiger partial charge on any atom is 0.147 e. The molecule has 0 bridgehead atoms. The van der Waals surface area contributed by atoms with Crippen LogP contribution in [0.15, 0.2) is 36.4 Å². The first kappa shape index (κ1) is 13.1. The minimum Gasteiger partial charge on any atom is -0.338 e. The van der Waals surface area contributed by atoms with Crippen LogP contribution in [-0.4, -0.2) is 13.6 Å². The van der Waals surface area contributed by atoms with Gasteiger partial charge in [0.15, 0.2) is 0 Å². The minimum atomic E-state index is -0.289. The van der Waals surface area contributed by atoms with E-state index in [9.17, 15) is 8.78 Å². The quantitative estimate of drug-likeness (QED) is 0.923. The van der Waals surface area contributed by atoms with Crippen LogP contribution in [0.5, 0.6) is 0 Å². The Labute approximate surface area is 117 Å². The summed E-state index contributed by atoms with van der Waals surface area (Å²) < 4.78 is 27.6. The molecule has 104 valence electrons. The summed E-state index contributed by atoms with van der Waals surface area (Å²) in [7, 11) is 1.82. The third-order valence-electron chi connectivity index (χ3n) is 3.63. The van der Waals surface area contributed by atoms with Gasteiger partial charge in [-0.3, -0.25) is 0 Å². The third kappa shape index (κ3) is 2.27. The number of nitrogens with zero attached hydrogens (tertiary/aromatic N) is 1. The molecule has 0 radical (unpaired) electrons. The number of hydrogen-bond acceptors (Lipinski definition) is 2. The maximum absolute atomic E-state index is 14.3. The summed E-state index contributed by atoms with van der Waals surface area (Å²) >= 11 is 0. The van der Waals surface area contributed by atoms with Crippen molar-refractivity contribution < 1.29 is 8.78 Å². The van der Waals surface area contributed by atoms with Gasteiger partial charge in [-0.15, -0.1) is 0 Å². The summed E-state index contributed by atoms with van der Waals surface area (Å²) in [5.74, 6) is -0.558. The van der Waals surface area contributed by atoms with E-state index in [1.165, 1.54) is 18.2 Å². The van der Waals surface area contributed by atoms with Crippen molar-refractivity contribution in [3.8, 4) is 0 Å². The smallest absolute Gasteiger partial charge is 0.147 e. The van der Waals surface area contributed by atoms with Gasteiger partial charge in [0, 0.05) is 18.8 Å². The lowest BCUT2D eigenvalue weighted by Crippen LogP contribution is -2.15. The predicted molar refractivity (Wildman–Crippen MR) is 76.3 cm³/mol. The first-order valence-electron chi connectivity index (χ1n) is 6.68. The number of benzene rings is 2. The molecule has 0 saturated heterocycles. The average molecular weight is 274 g/mol. The second kappa shape index (κ2) is 5.21. The Bertz CT molecular complexity index is 640. The van der Waals surface area contributed by atoms with Crippen LogP contribution in [0, 0.1) is 11.6 Å². The van der Waals surface area contributed by atoms with E-state index in [1.54, 1.807) is 12.1 Å². The van der Waals surface area contributed by atoms with E-state index < -0.39 is 0 Å². The topological polar surface area (TPSA) is 15.3 Å². The zero-order valence-corrected chi connectivity index (χ0v) is 11.3. The highest BCUT2D eigenvalue weighted by molar-refractivity contribution is 5.70. The fraction of sp³-hybridized carbons (Fsp3) is 0.250. The molecule has 0 unspecified atom stereocenters. The molecule has 0 atom stereocenters. The van der Waals surface area contributed by atoms with E-state index >= 15 is 0 Å². The van der Waals surface area contributed by atoms with Gasteiger partial charge in [-0.1, -0.05) is 12.1 Å². The fourth-order valence-electron chi connectivity index (χ4n) is 2.69. The van der Waals surface area contributed by atoms with Gasteiger partial charge in [0.1, 0.15) is 11.6 Å². The van der Waals surface area contributed by atoms with Crippen molar-refractivity contribution in [2.24, 2.45) is 0 Å². The second-order valence-corrected chi connectivity index (χ2v) is 4.99. The van der Waals surface area contributed by atoms with Crippen LogP contribution in [0.1, 0.15) is 11.1 Å². The Balaban J connectivity index is 1.98. The minimum absolute atomic E-state index is 0.269. The van der Waals surface area contributed by atoms with Gasteiger partial charge in [0.05, 0.1) is 5.69 Å². The first-order chi connectivity index (χ1) is 9.69. The van der Waals surface area contributed by atoms with Gasteiger partial charge in [0.25, 0.3) is 0 Å². The first-order valence-corrected chi connectivity index (χ1v) is 6.68. The van der Waals surface area contributed by atoms with Crippen LogP contribution in [0.4, 0.5) is 20.2 Å². The molecule has 2 aromatic carbocycles. The molecule has 0 spiro atoms. The number of nitrogens with one attached hydrogen (secondary N) is 1. The monoisotopic (exact) mass is 274 g/mol. The highest BCUT2D eigenvalue weighted by atomic mass is 19.1. The van der Waals surface area contributed by atoms with Crippen LogP contribution < -0.4 is 10.2 Å². The van der Waals surface area contributed by atoms with Crippen LogP contribution in [0.25, 0.3) is 0 Å². The molecule has 0 aromatic heterocycles. The molecule has 1 N–H and O–H groups in total. The Morgan fingerprint density at radius 3 is 2.70 bits per heavy atom. The number of anilines is 2. The molecule has 1 aliphatic heterocycles. The lowest BCUT2D eigenvalue weighted by Gasteiger charge is -2.20. The molecular formula is C16H16F2N2. The molecule has 3 rings (SSSR count). The highest BCUT2D eigenvalue weighted by Gasteiger charge is 2.23. The zero-order chi connectivity index (χ0) is 14.1. The van der Waals surface area contributed by atoms with Crippen LogP contribution in [0.3, 0.4) is 0 Å². The van der Waals surface area contributed by atoms with Crippen molar-refractivity contribution >= 4 is 11.4 Å². The van der Waals surface area contributed by atoms with Crippen molar-refractivity contribution in [1.82, 2.24) is 5.32 Å². The van der Waals surface area contributed by atoms with Crippen molar-refractivity contribution in [2.45, 2.75) is 13.0 Å². The molecule has 2 aromatic rings. The Kier molecular flexibility index (Phi) is 3.40. The summed E-state index contributed by atoms with van der Waals surface area (Å²) in [6.07, 6.45) is 0.813. The van der Waals surface area contributed by atoms with E-state index in [0.717, 1.165) is 23.2 Å². The van der Waals surface area contributed by atoms with Gasteiger partial charge in [-0.2, -0.15) is 0 Å². The number of rotatable bonds is 3. The van der Waals surface area contributed by atoms with E-state index in [1.807, 2.05) is 18.0 Å². The van der Waals surface area contributed by atoms with Gasteiger partial charge < -0.3 is 10.2 Å². The van der Waals surface area contributed by atoms with Gasteiger partial charge in [-0.25, -0.2) is 8.78 Å². The maximum atomic E-state index is 14.3. The van der Waals surface area contributed by atoms with Crippen molar-refractivity contribution in [1.29, 1.82) is 0 Å². The Morgan fingerprint density at radius 2 is 1.95 bits per heavy atom. The largest absolute Gasteiger partial charge is 0.338 e. The van der Waals surface area contributed by atoms with Crippen LogP contribution in [-0.2, 0) is 13.0 Å². The van der Waals surface area contributed by atoms with Crippen LogP contribution in [0.2, 0.25) is 0 Å². The number of fused-ring (bicyclic) bond motifs is 1. The molecule has 4 heteroatoms. The van der Waals surface area contributed by atoms with E-state index in [0.29, 0.717) is 18.8 Å².